The fourth-order valence-electron chi connectivity index (χ4n) is 2.94. The number of urea groups is 1. The number of amides is 2. The normalized spacial score (nSPS) is 14.9. The van der Waals surface area contributed by atoms with Gasteiger partial charge < -0.3 is 19.5 Å². The van der Waals surface area contributed by atoms with E-state index in [1.165, 1.54) is 0 Å². The lowest BCUT2D eigenvalue weighted by Crippen LogP contribution is -2.51. The van der Waals surface area contributed by atoms with Crippen molar-refractivity contribution in [2.75, 3.05) is 31.1 Å². The number of nitrogens with zero attached hydrogens (tertiary/aromatic N) is 4. The first-order chi connectivity index (χ1) is 12.2. The van der Waals surface area contributed by atoms with Crippen molar-refractivity contribution in [3.8, 4) is 0 Å². The molecule has 0 radical (unpaired) electrons. The molecule has 25 heavy (non-hydrogen) atoms. The van der Waals surface area contributed by atoms with Crippen molar-refractivity contribution in [1.82, 2.24) is 25.4 Å². The molecular formula is C17H20N6O2. The van der Waals surface area contributed by atoms with Crippen molar-refractivity contribution < 1.29 is 9.21 Å². The molecule has 0 saturated carbocycles. The molecule has 8 nitrogen and oxygen atoms in total. The second-order valence-corrected chi connectivity index (χ2v) is 6.14. The average molecular weight is 340 g/mol. The van der Waals surface area contributed by atoms with Gasteiger partial charge in [0.15, 0.2) is 5.58 Å². The summed E-state index contributed by atoms with van der Waals surface area (Å²) in [6, 6.07) is 10.2. The Morgan fingerprint density at radius 1 is 1.28 bits per heavy atom. The van der Waals surface area contributed by atoms with Gasteiger partial charge in [-0.15, -0.1) is 0 Å². The molecule has 2 N–H and O–H groups in total. The van der Waals surface area contributed by atoms with Crippen molar-refractivity contribution in [3.05, 3.63) is 41.7 Å². The molecule has 1 aliphatic rings. The van der Waals surface area contributed by atoms with Crippen LogP contribution >= 0.6 is 0 Å². The fourth-order valence-corrected chi connectivity index (χ4v) is 2.94. The highest BCUT2D eigenvalue weighted by atomic mass is 16.4. The molecule has 0 aliphatic carbocycles. The molecule has 1 aliphatic heterocycles. The van der Waals surface area contributed by atoms with Crippen LogP contribution in [0.15, 0.2) is 34.7 Å². The predicted octanol–water partition coefficient (Wildman–Crippen LogP) is 1.89. The average Bonchev–Trinajstić information content (AvgIpc) is 3.25. The van der Waals surface area contributed by atoms with Gasteiger partial charge in [-0.05, 0) is 25.1 Å². The van der Waals surface area contributed by atoms with Gasteiger partial charge >= 0.3 is 6.03 Å². The summed E-state index contributed by atoms with van der Waals surface area (Å²) in [6.45, 7) is 5.01. The number of aromatic nitrogens is 3. The van der Waals surface area contributed by atoms with Crippen molar-refractivity contribution in [1.29, 1.82) is 0 Å². The molecule has 1 fully saturated rings. The second-order valence-electron chi connectivity index (χ2n) is 6.14. The van der Waals surface area contributed by atoms with E-state index in [-0.39, 0.29) is 6.03 Å². The number of hydrogen-bond acceptors (Lipinski definition) is 5. The Labute approximate surface area is 144 Å². The first kappa shape index (κ1) is 15.5. The standard InChI is InChI=1S/C17H20N6O2/c1-12-10-13(21-20-12)11-18-16(24)22-6-8-23(9-7-22)17-19-14-4-2-3-5-15(14)25-17/h2-5,10H,6-9,11H2,1H3,(H,18,24)(H,20,21). The van der Waals surface area contributed by atoms with Crippen LogP contribution in [0.2, 0.25) is 0 Å². The smallest absolute Gasteiger partial charge is 0.317 e. The monoisotopic (exact) mass is 340 g/mol. The first-order valence-corrected chi connectivity index (χ1v) is 8.33. The minimum Gasteiger partial charge on any atom is -0.423 e. The van der Waals surface area contributed by atoms with Gasteiger partial charge in [0.05, 0.1) is 12.2 Å². The SMILES string of the molecule is Cc1cc(CNC(=O)N2CCN(c3nc4ccccc4o3)CC2)n[nH]1. The Hall–Kier alpha value is -3.03. The number of H-pyrrole nitrogens is 1. The van der Waals surface area contributed by atoms with Gasteiger partial charge in [0.25, 0.3) is 6.01 Å². The Balaban J connectivity index is 1.32. The van der Waals surface area contributed by atoms with E-state index in [0.29, 0.717) is 38.7 Å². The van der Waals surface area contributed by atoms with Crippen LogP contribution < -0.4 is 10.2 Å². The maximum absolute atomic E-state index is 12.3. The third-order valence-corrected chi connectivity index (χ3v) is 4.30. The molecule has 130 valence electrons. The molecule has 0 atom stereocenters. The highest BCUT2D eigenvalue weighted by molar-refractivity contribution is 5.75. The van der Waals surface area contributed by atoms with E-state index >= 15 is 0 Å². The molecule has 1 aromatic carbocycles. The zero-order valence-electron chi connectivity index (χ0n) is 14.0. The number of nitrogens with one attached hydrogen (secondary N) is 2. The Morgan fingerprint density at radius 3 is 2.80 bits per heavy atom. The number of carbonyl (C=O) groups is 1. The van der Waals surface area contributed by atoms with Crippen LogP contribution in [0.1, 0.15) is 11.4 Å². The maximum atomic E-state index is 12.3. The molecule has 0 spiro atoms. The number of anilines is 1. The number of aromatic amines is 1. The van der Waals surface area contributed by atoms with Gasteiger partial charge in [-0.1, -0.05) is 12.1 Å². The van der Waals surface area contributed by atoms with Gasteiger partial charge in [-0.3, -0.25) is 5.10 Å². The number of benzene rings is 1. The number of para-hydroxylation sites is 2. The molecule has 3 aromatic rings. The molecular weight excluding hydrogens is 320 g/mol. The summed E-state index contributed by atoms with van der Waals surface area (Å²) in [6.07, 6.45) is 0. The lowest BCUT2D eigenvalue weighted by atomic mass is 10.3. The van der Waals surface area contributed by atoms with Gasteiger partial charge in [-0.25, -0.2) is 4.79 Å². The van der Waals surface area contributed by atoms with Crippen molar-refractivity contribution in [3.63, 3.8) is 0 Å². The summed E-state index contributed by atoms with van der Waals surface area (Å²) < 4.78 is 5.79. The van der Waals surface area contributed by atoms with Gasteiger partial charge in [0.2, 0.25) is 0 Å². The van der Waals surface area contributed by atoms with Crippen molar-refractivity contribution in [2.45, 2.75) is 13.5 Å². The van der Waals surface area contributed by atoms with E-state index in [1.54, 1.807) is 4.90 Å². The van der Waals surface area contributed by atoms with Crippen LogP contribution in [0.3, 0.4) is 0 Å². The Kier molecular flexibility index (Phi) is 4.01. The van der Waals surface area contributed by atoms with Gasteiger partial charge in [-0.2, -0.15) is 10.1 Å². The molecule has 4 rings (SSSR count). The number of rotatable bonds is 3. The molecule has 8 heteroatoms. The van der Waals surface area contributed by atoms with Crippen LogP contribution in [0.4, 0.5) is 10.8 Å². The molecule has 3 heterocycles. The van der Waals surface area contributed by atoms with Gasteiger partial charge in [0, 0.05) is 31.9 Å². The fraction of sp³-hybridized carbons (Fsp3) is 0.353. The van der Waals surface area contributed by atoms with Crippen LogP contribution in [-0.2, 0) is 6.54 Å². The third kappa shape index (κ3) is 3.28. The first-order valence-electron chi connectivity index (χ1n) is 8.33. The lowest BCUT2D eigenvalue weighted by Gasteiger charge is -2.33. The Morgan fingerprint density at radius 2 is 2.08 bits per heavy atom. The van der Waals surface area contributed by atoms with E-state index < -0.39 is 0 Å². The van der Waals surface area contributed by atoms with E-state index in [4.69, 9.17) is 4.42 Å². The van der Waals surface area contributed by atoms with E-state index in [0.717, 1.165) is 22.5 Å². The zero-order chi connectivity index (χ0) is 17.2. The minimum atomic E-state index is -0.0714. The molecule has 0 bridgehead atoms. The number of aryl methyl sites for hydroxylation is 1. The maximum Gasteiger partial charge on any atom is 0.317 e. The third-order valence-electron chi connectivity index (χ3n) is 4.30. The quantitative estimate of drug-likeness (QED) is 0.760. The summed E-state index contributed by atoms with van der Waals surface area (Å²) in [5.74, 6) is 0. The largest absolute Gasteiger partial charge is 0.423 e. The Bertz CT molecular complexity index is 845. The summed E-state index contributed by atoms with van der Waals surface area (Å²) in [4.78, 5) is 20.7. The van der Waals surface area contributed by atoms with E-state index in [1.807, 2.05) is 37.3 Å². The highest BCUT2D eigenvalue weighted by Crippen LogP contribution is 2.22. The van der Waals surface area contributed by atoms with Crippen LogP contribution in [0, 0.1) is 6.92 Å². The zero-order valence-corrected chi connectivity index (χ0v) is 14.0. The number of fused-ring (bicyclic) bond motifs is 1. The summed E-state index contributed by atoms with van der Waals surface area (Å²) >= 11 is 0. The van der Waals surface area contributed by atoms with E-state index in [2.05, 4.69) is 25.4 Å². The number of piperazine rings is 1. The summed E-state index contributed by atoms with van der Waals surface area (Å²) in [5.41, 5.74) is 3.45. The lowest BCUT2D eigenvalue weighted by molar-refractivity contribution is 0.193. The summed E-state index contributed by atoms with van der Waals surface area (Å²) in [5, 5.41) is 9.89. The summed E-state index contributed by atoms with van der Waals surface area (Å²) in [7, 11) is 0. The number of oxazole rings is 1. The van der Waals surface area contributed by atoms with Crippen LogP contribution in [0.5, 0.6) is 0 Å². The van der Waals surface area contributed by atoms with Gasteiger partial charge in [0.1, 0.15) is 5.52 Å². The second kappa shape index (κ2) is 6.46. The number of hydrogen-bond donors (Lipinski definition) is 2. The van der Waals surface area contributed by atoms with Crippen molar-refractivity contribution >= 4 is 23.1 Å². The molecule has 2 amide bonds. The van der Waals surface area contributed by atoms with Crippen LogP contribution in [-0.4, -0.2) is 52.3 Å². The molecule has 2 aromatic heterocycles. The van der Waals surface area contributed by atoms with Crippen LogP contribution in [0.25, 0.3) is 11.1 Å². The topological polar surface area (TPSA) is 90.3 Å². The highest BCUT2D eigenvalue weighted by Gasteiger charge is 2.24. The predicted molar refractivity (Wildman–Crippen MR) is 93.4 cm³/mol. The number of carbonyl (C=O) groups excluding carboxylic acids is 1. The minimum absolute atomic E-state index is 0.0714. The van der Waals surface area contributed by atoms with Crippen molar-refractivity contribution in [2.24, 2.45) is 0 Å². The van der Waals surface area contributed by atoms with E-state index in [9.17, 15) is 4.79 Å². The molecule has 0 unspecified atom stereocenters. The molecule has 1 saturated heterocycles.